The Morgan fingerprint density at radius 1 is 0.667 bits per heavy atom. The molecule has 0 N–H and O–H groups in total. The lowest BCUT2D eigenvalue weighted by atomic mass is 9.90. The molecule has 33 heavy (non-hydrogen) atoms. The van der Waals surface area contributed by atoms with Crippen LogP contribution < -0.4 is 0 Å². The van der Waals surface area contributed by atoms with Crippen molar-refractivity contribution in [3.05, 3.63) is 108 Å². The number of pyridine rings is 2. The van der Waals surface area contributed by atoms with Gasteiger partial charge in [0.2, 0.25) is 0 Å². The quantitative estimate of drug-likeness (QED) is 0.273. The average molecular weight is 441 g/mol. The second-order valence-electron chi connectivity index (χ2n) is 8.56. The molecule has 3 heterocycles. The van der Waals surface area contributed by atoms with Crippen LogP contribution in [0.3, 0.4) is 0 Å². The van der Waals surface area contributed by atoms with Gasteiger partial charge < -0.3 is 0 Å². The molecule has 156 valence electrons. The van der Waals surface area contributed by atoms with Crippen LogP contribution in [0.25, 0.3) is 54.5 Å². The highest BCUT2D eigenvalue weighted by Crippen LogP contribution is 2.46. The van der Waals surface area contributed by atoms with Gasteiger partial charge in [-0.1, -0.05) is 60.7 Å². The van der Waals surface area contributed by atoms with E-state index < -0.39 is 0 Å². The molecule has 3 aromatic heterocycles. The van der Waals surface area contributed by atoms with E-state index in [-0.39, 0.29) is 0 Å². The Kier molecular flexibility index (Phi) is 4.18. The fourth-order valence-corrected chi connectivity index (χ4v) is 6.36. The summed E-state index contributed by atoms with van der Waals surface area (Å²) in [4.78, 5) is 11.2. The lowest BCUT2D eigenvalue weighted by Gasteiger charge is -2.16. The summed E-state index contributed by atoms with van der Waals surface area (Å²) in [7, 11) is 0. The molecule has 2 nitrogen and oxygen atoms in total. The van der Waals surface area contributed by atoms with Crippen LogP contribution in [-0.4, -0.2) is 9.97 Å². The number of thiophene rings is 1. The van der Waals surface area contributed by atoms with Crippen molar-refractivity contribution in [1.82, 2.24) is 9.97 Å². The van der Waals surface area contributed by atoms with Gasteiger partial charge in [0.1, 0.15) is 0 Å². The highest BCUT2D eigenvalue weighted by atomic mass is 32.1. The summed E-state index contributed by atoms with van der Waals surface area (Å²) in [5.74, 6) is 0. The smallest absolute Gasteiger partial charge is 0.0796 e. The van der Waals surface area contributed by atoms with Crippen LogP contribution in [0.1, 0.15) is 10.4 Å². The van der Waals surface area contributed by atoms with E-state index in [9.17, 15) is 0 Å². The maximum absolute atomic E-state index is 4.95. The van der Waals surface area contributed by atoms with Gasteiger partial charge in [-0.15, -0.1) is 11.3 Å². The van der Waals surface area contributed by atoms with Gasteiger partial charge >= 0.3 is 0 Å². The van der Waals surface area contributed by atoms with Gasteiger partial charge in [0.15, 0.2) is 0 Å². The summed E-state index contributed by atoms with van der Waals surface area (Å²) in [6.07, 6.45) is 5.99. The molecule has 0 spiro atoms. The lowest BCUT2D eigenvalue weighted by molar-refractivity contribution is 0.949. The summed E-state index contributed by atoms with van der Waals surface area (Å²) in [5, 5.41) is 3.74. The van der Waals surface area contributed by atoms with Gasteiger partial charge in [-0.05, 0) is 64.6 Å². The number of hydrogen-bond donors (Lipinski definition) is 0. The predicted molar refractivity (Wildman–Crippen MR) is 139 cm³/mol. The van der Waals surface area contributed by atoms with E-state index in [0.29, 0.717) is 0 Å². The van der Waals surface area contributed by atoms with Crippen LogP contribution in [0, 0.1) is 0 Å². The monoisotopic (exact) mass is 440 g/mol. The van der Waals surface area contributed by atoms with Gasteiger partial charge in [0.25, 0.3) is 0 Å². The second kappa shape index (κ2) is 7.36. The Hall–Kier alpha value is -3.82. The molecule has 1 aliphatic rings. The molecule has 3 heteroatoms. The molecular formula is C30H20N2S. The molecule has 0 saturated carbocycles. The number of rotatable bonds is 2. The maximum atomic E-state index is 4.95. The van der Waals surface area contributed by atoms with Crippen LogP contribution in [0.2, 0.25) is 0 Å². The van der Waals surface area contributed by atoms with E-state index >= 15 is 0 Å². The lowest BCUT2D eigenvalue weighted by Crippen LogP contribution is -2.03. The Morgan fingerprint density at radius 2 is 1.52 bits per heavy atom. The summed E-state index contributed by atoms with van der Waals surface area (Å²) < 4.78 is 1.29. The van der Waals surface area contributed by atoms with Crippen molar-refractivity contribution >= 4 is 32.2 Å². The Balaban J connectivity index is 1.55. The standard InChI is InChI=1S/C30H20N2S/c1-2-7-19(8-3-1)24-18-22(17-21-9-4-5-11-23(21)24)30-28-26(14-16-32-30)33-25-13-12-20-10-6-15-31-29(20)27(25)28/h1-11,14-18H,12-13H2. The number of benzene rings is 3. The zero-order valence-electron chi connectivity index (χ0n) is 18.0. The molecule has 1 aliphatic carbocycles. The number of aromatic nitrogens is 2. The molecule has 3 aromatic carbocycles. The van der Waals surface area contributed by atoms with Crippen LogP contribution >= 0.6 is 11.3 Å². The van der Waals surface area contributed by atoms with E-state index in [1.54, 1.807) is 0 Å². The first-order chi connectivity index (χ1) is 16.4. The molecule has 0 amide bonds. The molecule has 0 aliphatic heterocycles. The van der Waals surface area contributed by atoms with Crippen LogP contribution in [-0.2, 0) is 12.8 Å². The molecule has 0 saturated heterocycles. The third-order valence-corrected chi connectivity index (χ3v) is 7.86. The van der Waals surface area contributed by atoms with Gasteiger partial charge in [-0.25, -0.2) is 0 Å². The van der Waals surface area contributed by atoms with Gasteiger partial charge in [-0.2, -0.15) is 0 Å². The maximum Gasteiger partial charge on any atom is 0.0796 e. The zero-order chi connectivity index (χ0) is 21.8. The van der Waals surface area contributed by atoms with Gasteiger partial charge in [0.05, 0.1) is 11.4 Å². The Morgan fingerprint density at radius 3 is 2.45 bits per heavy atom. The Labute approximate surface area is 196 Å². The number of hydrogen-bond acceptors (Lipinski definition) is 3. The topological polar surface area (TPSA) is 25.8 Å². The van der Waals surface area contributed by atoms with E-state index in [4.69, 9.17) is 9.97 Å². The molecule has 6 aromatic rings. The van der Waals surface area contributed by atoms with Crippen molar-refractivity contribution in [2.75, 3.05) is 0 Å². The van der Waals surface area contributed by atoms with E-state index in [1.807, 2.05) is 29.8 Å². The molecule has 0 fully saturated rings. The highest BCUT2D eigenvalue weighted by molar-refractivity contribution is 7.19. The minimum absolute atomic E-state index is 1.05. The Bertz CT molecular complexity index is 1660. The van der Waals surface area contributed by atoms with Crippen molar-refractivity contribution in [1.29, 1.82) is 0 Å². The fraction of sp³-hybridized carbons (Fsp3) is 0.0667. The van der Waals surface area contributed by atoms with Crippen molar-refractivity contribution in [3.8, 4) is 33.6 Å². The largest absolute Gasteiger partial charge is 0.256 e. The van der Waals surface area contributed by atoms with Crippen molar-refractivity contribution in [3.63, 3.8) is 0 Å². The highest BCUT2D eigenvalue weighted by Gasteiger charge is 2.25. The van der Waals surface area contributed by atoms with Crippen LogP contribution in [0.5, 0.6) is 0 Å². The molecule has 0 bridgehead atoms. The van der Waals surface area contributed by atoms with E-state index in [1.165, 1.54) is 48.0 Å². The minimum Gasteiger partial charge on any atom is -0.256 e. The zero-order valence-corrected chi connectivity index (χ0v) is 18.8. The second-order valence-corrected chi connectivity index (χ2v) is 9.69. The van der Waals surface area contributed by atoms with E-state index in [0.717, 1.165) is 29.8 Å². The van der Waals surface area contributed by atoms with Crippen LogP contribution in [0.4, 0.5) is 0 Å². The van der Waals surface area contributed by atoms with Crippen molar-refractivity contribution in [2.45, 2.75) is 12.8 Å². The number of fused-ring (bicyclic) bond motifs is 6. The number of nitrogens with zero attached hydrogens (tertiary/aromatic N) is 2. The van der Waals surface area contributed by atoms with Crippen molar-refractivity contribution < 1.29 is 0 Å². The third kappa shape index (κ3) is 2.93. The molecule has 0 radical (unpaired) electrons. The summed E-state index contributed by atoms with van der Waals surface area (Å²) in [6.45, 7) is 0. The molecular weight excluding hydrogens is 420 g/mol. The summed E-state index contributed by atoms with van der Waals surface area (Å²) >= 11 is 1.90. The minimum atomic E-state index is 1.05. The average Bonchev–Trinajstić information content (AvgIpc) is 3.28. The fourth-order valence-electron chi connectivity index (χ4n) is 5.16. The predicted octanol–water partition coefficient (Wildman–Crippen LogP) is 7.94. The van der Waals surface area contributed by atoms with Crippen LogP contribution in [0.15, 0.2) is 97.3 Å². The molecule has 0 atom stereocenters. The number of aryl methyl sites for hydroxylation is 2. The normalized spacial score (nSPS) is 12.6. The molecule has 7 rings (SSSR count). The molecule has 0 unspecified atom stereocenters. The van der Waals surface area contributed by atoms with E-state index in [2.05, 4.69) is 78.9 Å². The third-order valence-electron chi connectivity index (χ3n) is 6.64. The SMILES string of the molecule is c1ccc(-c2cc(-c3nccc4sc5c(c34)-c3ncccc3CC5)cc3ccccc23)cc1. The first-order valence-corrected chi connectivity index (χ1v) is 12.1. The van der Waals surface area contributed by atoms with Gasteiger partial charge in [-0.3, -0.25) is 9.97 Å². The first kappa shape index (κ1) is 18.7. The van der Waals surface area contributed by atoms with Crippen molar-refractivity contribution in [2.24, 2.45) is 0 Å². The summed E-state index contributed by atoms with van der Waals surface area (Å²) in [5.41, 5.74) is 8.42. The van der Waals surface area contributed by atoms with Gasteiger partial charge in [0, 0.05) is 38.5 Å². The summed E-state index contributed by atoms with van der Waals surface area (Å²) in [6, 6.07) is 30.3. The first-order valence-electron chi connectivity index (χ1n) is 11.3.